The maximum absolute atomic E-state index is 13.3. The molecule has 1 aromatic carbocycles. The fraction of sp³-hybridized carbons (Fsp3) is 0.375. The Morgan fingerprint density at radius 2 is 2.13 bits per heavy atom. The Hall–Kier alpha value is -2.44. The summed E-state index contributed by atoms with van der Waals surface area (Å²) in [6.45, 7) is 3.55. The summed E-state index contributed by atoms with van der Waals surface area (Å²) in [5.41, 5.74) is 0. The number of rotatable bonds is 10. The van der Waals surface area contributed by atoms with Crippen molar-refractivity contribution in [2.45, 2.75) is 31.7 Å². The number of aliphatic carboxylic acids is 1. The lowest BCUT2D eigenvalue weighted by Crippen LogP contribution is -2.40. The Kier molecular flexibility index (Phi) is 7.73. The smallest absolute Gasteiger partial charge is 0.326 e. The standard InChI is InChI=1S/C16H19F2NO4/c1-2-3-5-13(16(21)22)19-15(20)6-4-9-23-14-8-7-11(17)10-12(14)18/h2,7-8,10,13H,1,3-6,9H2,(H,19,20)(H,21,22). The molecule has 0 heterocycles. The van der Waals surface area contributed by atoms with Crippen LogP contribution in [0.2, 0.25) is 0 Å². The summed E-state index contributed by atoms with van der Waals surface area (Å²) >= 11 is 0. The number of carbonyl (C=O) groups is 2. The van der Waals surface area contributed by atoms with E-state index in [9.17, 15) is 18.4 Å². The Balaban J connectivity index is 2.32. The van der Waals surface area contributed by atoms with Gasteiger partial charge in [-0.25, -0.2) is 13.6 Å². The van der Waals surface area contributed by atoms with Crippen molar-refractivity contribution in [1.29, 1.82) is 0 Å². The van der Waals surface area contributed by atoms with Crippen molar-refractivity contribution in [3.8, 4) is 5.75 Å². The van der Waals surface area contributed by atoms with Gasteiger partial charge in [0.1, 0.15) is 11.9 Å². The van der Waals surface area contributed by atoms with Gasteiger partial charge in [-0.1, -0.05) is 6.08 Å². The molecule has 1 aromatic rings. The van der Waals surface area contributed by atoms with Crippen molar-refractivity contribution >= 4 is 11.9 Å². The van der Waals surface area contributed by atoms with Crippen molar-refractivity contribution in [1.82, 2.24) is 5.32 Å². The van der Waals surface area contributed by atoms with Crippen LogP contribution >= 0.6 is 0 Å². The first-order valence-corrected chi connectivity index (χ1v) is 7.15. The van der Waals surface area contributed by atoms with Crippen LogP contribution in [0.5, 0.6) is 5.75 Å². The van der Waals surface area contributed by atoms with Crippen molar-refractivity contribution < 1.29 is 28.2 Å². The molecule has 0 saturated heterocycles. The molecule has 23 heavy (non-hydrogen) atoms. The van der Waals surface area contributed by atoms with E-state index in [0.29, 0.717) is 12.5 Å². The summed E-state index contributed by atoms with van der Waals surface area (Å²) in [7, 11) is 0. The predicted molar refractivity (Wildman–Crippen MR) is 80.1 cm³/mol. The van der Waals surface area contributed by atoms with Gasteiger partial charge in [-0.15, -0.1) is 6.58 Å². The van der Waals surface area contributed by atoms with Crippen LogP contribution in [0.15, 0.2) is 30.9 Å². The number of ether oxygens (including phenoxy) is 1. The van der Waals surface area contributed by atoms with E-state index < -0.39 is 29.6 Å². The second kappa shape index (κ2) is 9.55. The highest BCUT2D eigenvalue weighted by atomic mass is 19.1. The van der Waals surface area contributed by atoms with Gasteiger partial charge in [-0.05, 0) is 31.4 Å². The summed E-state index contributed by atoms with van der Waals surface area (Å²) in [6.07, 6.45) is 2.64. The van der Waals surface area contributed by atoms with Crippen molar-refractivity contribution in [2.24, 2.45) is 0 Å². The van der Waals surface area contributed by atoms with E-state index in [1.54, 1.807) is 6.08 Å². The van der Waals surface area contributed by atoms with E-state index in [-0.39, 0.29) is 31.6 Å². The molecule has 0 aliphatic heterocycles. The Morgan fingerprint density at radius 3 is 2.74 bits per heavy atom. The van der Waals surface area contributed by atoms with Crippen LogP contribution in [-0.4, -0.2) is 29.6 Å². The van der Waals surface area contributed by atoms with Gasteiger partial charge in [0.15, 0.2) is 11.6 Å². The van der Waals surface area contributed by atoms with Gasteiger partial charge in [-0.3, -0.25) is 4.79 Å². The molecular weight excluding hydrogens is 308 g/mol. The number of amides is 1. The van der Waals surface area contributed by atoms with Crippen LogP contribution in [0.25, 0.3) is 0 Å². The number of carboxylic acid groups (broad SMARTS) is 1. The molecule has 0 aliphatic rings. The van der Waals surface area contributed by atoms with E-state index in [1.807, 2.05) is 0 Å². The van der Waals surface area contributed by atoms with Crippen LogP contribution < -0.4 is 10.1 Å². The van der Waals surface area contributed by atoms with E-state index in [0.717, 1.165) is 6.07 Å². The normalized spacial score (nSPS) is 11.6. The molecule has 7 heteroatoms. The highest BCUT2D eigenvalue weighted by molar-refractivity contribution is 5.83. The molecule has 1 atom stereocenters. The third-order valence-corrected chi connectivity index (χ3v) is 2.99. The second-order valence-electron chi connectivity index (χ2n) is 4.85. The van der Waals surface area contributed by atoms with Crippen LogP contribution in [0.1, 0.15) is 25.7 Å². The first kappa shape index (κ1) is 18.6. The molecule has 0 radical (unpaired) electrons. The van der Waals surface area contributed by atoms with Gasteiger partial charge in [0, 0.05) is 12.5 Å². The molecule has 2 N–H and O–H groups in total. The van der Waals surface area contributed by atoms with Gasteiger partial charge < -0.3 is 15.2 Å². The zero-order chi connectivity index (χ0) is 17.2. The van der Waals surface area contributed by atoms with Crippen LogP contribution in [-0.2, 0) is 9.59 Å². The fourth-order valence-corrected chi connectivity index (χ4v) is 1.82. The molecule has 0 spiro atoms. The molecule has 0 aromatic heterocycles. The number of nitrogens with one attached hydrogen (secondary N) is 1. The monoisotopic (exact) mass is 327 g/mol. The number of allylic oxidation sites excluding steroid dienone is 1. The quantitative estimate of drug-likeness (QED) is 0.512. The number of halogens is 2. The van der Waals surface area contributed by atoms with Gasteiger partial charge in [0.2, 0.25) is 5.91 Å². The van der Waals surface area contributed by atoms with E-state index in [1.165, 1.54) is 6.07 Å². The molecule has 1 unspecified atom stereocenters. The maximum atomic E-state index is 13.3. The number of hydrogen-bond donors (Lipinski definition) is 2. The Morgan fingerprint density at radius 1 is 1.39 bits per heavy atom. The number of carboxylic acids is 1. The fourth-order valence-electron chi connectivity index (χ4n) is 1.82. The lowest BCUT2D eigenvalue weighted by molar-refractivity contribution is -0.142. The molecule has 5 nitrogen and oxygen atoms in total. The van der Waals surface area contributed by atoms with E-state index in [4.69, 9.17) is 9.84 Å². The SMILES string of the molecule is C=CCCC(NC(=O)CCCOc1ccc(F)cc1F)C(=O)O. The lowest BCUT2D eigenvalue weighted by Gasteiger charge is -2.13. The van der Waals surface area contributed by atoms with Crippen LogP contribution in [0.3, 0.4) is 0 Å². The zero-order valence-electron chi connectivity index (χ0n) is 12.6. The van der Waals surface area contributed by atoms with Gasteiger partial charge in [0.25, 0.3) is 0 Å². The Bertz CT molecular complexity index is 563. The largest absolute Gasteiger partial charge is 0.491 e. The minimum absolute atomic E-state index is 0.0423. The Labute approximate surface area is 133 Å². The number of carbonyl (C=O) groups excluding carboxylic acids is 1. The molecule has 0 fully saturated rings. The van der Waals surface area contributed by atoms with Crippen LogP contribution in [0.4, 0.5) is 8.78 Å². The zero-order valence-corrected chi connectivity index (χ0v) is 12.6. The van der Waals surface area contributed by atoms with Gasteiger partial charge in [-0.2, -0.15) is 0 Å². The average Bonchev–Trinajstić information content (AvgIpc) is 2.49. The van der Waals surface area contributed by atoms with Crippen molar-refractivity contribution in [2.75, 3.05) is 6.61 Å². The third kappa shape index (κ3) is 6.90. The number of hydrogen-bond acceptors (Lipinski definition) is 3. The van der Waals surface area contributed by atoms with E-state index in [2.05, 4.69) is 11.9 Å². The molecular formula is C16H19F2NO4. The third-order valence-electron chi connectivity index (χ3n) is 2.99. The summed E-state index contributed by atoms with van der Waals surface area (Å²) < 4.78 is 31.1. The molecule has 0 bridgehead atoms. The highest BCUT2D eigenvalue weighted by Crippen LogP contribution is 2.17. The van der Waals surface area contributed by atoms with Crippen LogP contribution in [0, 0.1) is 11.6 Å². The summed E-state index contributed by atoms with van der Waals surface area (Å²) in [4.78, 5) is 22.6. The van der Waals surface area contributed by atoms with Crippen molar-refractivity contribution in [3.05, 3.63) is 42.5 Å². The minimum atomic E-state index is -1.11. The number of benzene rings is 1. The lowest BCUT2D eigenvalue weighted by atomic mass is 10.1. The van der Waals surface area contributed by atoms with Gasteiger partial charge >= 0.3 is 5.97 Å². The summed E-state index contributed by atoms with van der Waals surface area (Å²) in [5, 5.41) is 11.4. The van der Waals surface area contributed by atoms with Crippen molar-refractivity contribution in [3.63, 3.8) is 0 Å². The average molecular weight is 327 g/mol. The molecule has 126 valence electrons. The maximum Gasteiger partial charge on any atom is 0.326 e. The molecule has 0 aliphatic carbocycles. The predicted octanol–water partition coefficient (Wildman–Crippen LogP) is 2.66. The van der Waals surface area contributed by atoms with Gasteiger partial charge in [0.05, 0.1) is 6.61 Å². The summed E-state index contributed by atoms with van der Waals surface area (Å²) in [6, 6.07) is 1.98. The first-order valence-electron chi connectivity index (χ1n) is 7.15. The molecule has 0 saturated carbocycles. The topological polar surface area (TPSA) is 75.6 Å². The second-order valence-corrected chi connectivity index (χ2v) is 4.85. The first-order chi connectivity index (χ1) is 10.9. The van der Waals surface area contributed by atoms with E-state index >= 15 is 0 Å². The summed E-state index contributed by atoms with van der Waals surface area (Å²) in [5.74, 6) is -3.14. The molecule has 1 amide bonds. The highest BCUT2D eigenvalue weighted by Gasteiger charge is 2.18. The molecule has 1 rings (SSSR count). The minimum Gasteiger partial charge on any atom is -0.491 e.